The zero-order chi connectivity index (χ0) is 16.2. The zero-order valence-corrected chi connectivity index (χ0v) is 12.9. The molecule has 3 rings (SSSR count). The van der Waals surface area contributed by atoms with Crippen LogP contribution in [0.15, 0.2) is 54.7 Å². The van der Waals surface area contributed by atoms with E-state index in [9.17, 15) is 4.79 Å². The molecule has 1 aromatic heterocycles. The van der Waals surface area contributed by atoms with Gasteiger partial charge in [0.15, 0.2) is 0 Å². The Balaban J connectivity index is 1.88. The van der Waals surface area contributed by atoms with E-state index in [1.807, 2.05) is 24.3 Å². The summed E-state index contributed by atoms with van der Waals surface area (Å²) in [4.78, 5) is 16.6. The molecule has 116 valence electrons. The number of ether oxygens (including phenoxy) is 2. The molecular formula is C18H16N2O3. The van der Waals surface area contributed by atoms with Crippen molar-refractivity contribution in [3.63, 3.8) is 0 Å². The molecule has 5 nitrogen and oxygen atoms in total. The van der Waals surface area contributed by atoms with Gasteiger partial charge in [-0.25, -0.2) is 0 Å². The van der Waals surface area contributed by atoms with Crippen molar-refractivity contribution in [2.45, 2.75) is 0 Å². The van der Waals surface area contributed by atoms with Gasteiger partial charge in [0, 0.05) is 17.6 Å². The lowest BCUT2D eigenvalue weighted by Crippen LogP contribution is -2.14. The van der Waals surface area contributed by atoms with Crippen LogP contribution >= 0.6 is 0 Å². The van der Waals surface area contributed by atoms with E-state index in [1.165, 1.54) is 0 Å². The second kappa shape index (κ2) is 6.36. The number of methoxy groups -OCH3 is 2. The molecule has 1 N–H and O–H groups in total. The van der Waals surface area contributed by atoms with Gasteiger partial charge in [0.05, 0.1) is 19.9 Å². The number of aromatic nitrogens is 1. The van der Waals surface area contributed by atoms with Gasteiger partial charge in [0.1, 0.15) is 17.2 Å². The minimum absolute atomic E-state index is 0.292. The van der Waals surface area contributed by atoms with E-state index >= 15 is 0 Å². The summed E-state index contributed by atoms with van der Waals surface area (Å²) < 4.78 is 10.4. The molecule has 1 heterocycles. The van der Waals surface area contributed by atoms with Crippen LogP contribution in [0.25, 0.3) is 10.8 Å². The number of carbonyl (C=O) groups is 1. The smallest absolute Gasteiger partial charge is 0.274 e. The molecule has 0 aliphatic carbocycles. The third-order valence-corrected chi connectivity index (χ3v) is 3.52. The molecule has 1 amide bonds. The first kappa shape index (κ1) is 14.8. The number of benzene rings is 2. The molecule has 0 fully saturated rings. The maximum atomic E-state index is 12.4. The summed E-state index contributed by atoms with van der Waals surface area (Å²) >= 11 is 0. The average molecular weight is 308 g/mol. The number of fused-ring (bicyclic) bond motifs is 1. The van der Waals surface area contributed by atoms with Gasteiger partial charge in [-0.2, -0.15) is 0 Å². The molecule has 0 radical (unpaired) electrons. The van der Waals surface area contributed by atoms with Gasteiger partial charge < -0.3 is 14.8 Å². The molecule has 0 saturated heterocycles. The quantitative estimate of drug-likeness (QED) is 0.801. The molecular weight excluding hydrogens is 292 g/mol. The summed E-state index contributed by atoms with van der Waals surface area (Å²) in [7, 11) is 3.12. The minimum atomic E-state index is -0.292. The lowest BCUT2D eigenvalue weighted by atomic mass is 10.1. The van der Waals surface area contributed by atoms with Crippen molar-refractivity contribution in [3.8, 4) is 11.5 Å². The molecule has 5 heteroatoms. The van der Waals surface area contributed by atoms with Crippen LogP contribution in [0.3, 0.4) is 0 Å². The number of nitrogens with one attached hydrogen (secondary N) is 1. The number of nitrogens with zero attached hydrogens (tertiary/aromatic N) is 1. The molecule has 0 aliphatic rings. The third-order valence-electron chi connectivity index (χ3n) is 3.52. The van der Waals surface area contributed by atoms with Crippen LogP contribution in [0, 0.1) is 0 Å². The fourth-order valence-corrected chi connectivity index (χ4v) is 2.30. The van der Waals surface area contributed by atoms with Crippen LogP contribution in [0.2, 0.25) is 0 Å². The van der Waals surface area contributed by atoms with Crippen molar-refractivity contribution >= 4 is 22.4 Å². The number of amides is 1. The first-order chi connectivity index (χ1) is 11.2. The molecule has 23 heavy (non-hydrogen) atoms. The number of anilines is 1. The van der Waals surface area contributed by atoms with E-state index in [0.717, 1.165) is 10.8 Å². The van der Waals surface area contributed by atoms with E-state index in [2.05, 4.69) is 10.3 Å². The van der Waals surface area contributed by atoms with Crippen LogP contribution in [-0.4, -0.2) is 25.1 Å². The van der Waals surface area contributed by atoms with Gasteiger partial charge in [0.2, 0.25) is 0 Å². The van der Waals surface area contributed by atoms with Crippen LogP contribution in [0.5, 0.6) is 11.5 Å². The highest BCUT2D eigenvalue weighted by Crippen LogP contribution is 2.29. The fourth-order valence-electron chi connectivity index (χ4n) is 2.30. The maximum absolute atomic E-state index is 12.4. The number of rotatable bonds is 4. The molecule has 0 bridgehead atoms. The monoisotopic (exact) mass is 308 g/mol. The van der Waals surface area contributed by atoms with Crippen molar-refractivity contribution in [3.05, 3.63) is 60.4 Å². The van der Waals surface area contributed by atoms with E-state index in [4.69, 9.17) is 9.47 Å². The molecule has 0 unspecified atom stereocenters. The zero-order valence-electron chi connectivity index (χ0n) is 12.9. The molecule has 2 aromatic carbocycles. The van der Waals surface area contributed by atoms with Gasteiger partial charge in [-0.15, -0.1) is 0 Å². The number of pyridine rings is 1. The average Bonchev–Trinajstić information content (AvgIpc) is 2.61. The summed E-state index contributed by atoms with van der Waals surface area (Å²) in [6, 6.07) is 14.7. The van der Waals surface area contributed by atoms with E-state index in [1.54, 1.807) is 44.7 Å². The van der Waals surface area contributed by atoms with Gasteiger partial charge in [-0.3, -0.25) is 9.78 Å². The van der Waals surface area contributed by atoms with E-state index in [-0.39, 0.29) is 5.91 Å². The molecule has 0 atom stereocenters. The van der Waals surface area contributed by atoms with Gasteiger partial charge in [-0.05, 0) is 23.6 Å². The number of hydrogen-bond donors (Lipinski definition) is 1. The Morgan fingerprint density at radius 1 is 1.00 bits per heavy atom. The highest BCUT2D eigenvalue weighted by molar-refractivity contribution is 6.05. The summed E-state index contributed by atoms with van der Waals surface area (Å²) in [6.45, 7) is 0. The van der Waals surface area contributed by atoms with Crippen LogP contribution < -0.4 is 14.8 Å². The Labute approximate surface area is 133 Å². The SMILES string of the molecule is COc1ccc(NC(=O)c2cc3ccccc3cn2)c(OC)c1. The maximum Gasteiger partial charge on any atom is 0.274 e. The topological polar surface area (TPSA) is 60.5 Å². The Morgan fingerprint density at radius 2 is 1.78 bits per heavy atom. The minimum Gasteiger partial charge on any atom is -0.497 e. The van der Waals surface area contributed by atoms with Crippen molar-refractivity contribution in [1.82, 2.24) is 4.98 Å². The van der Waals surface area contributed by atoms with E-state index in [0.29, 0.717) is 22.9 Å². The molecule has 0 saturated carbocycles. The fraction of sp³-hybridized carbons (Fsp3) is 0.111. The largest absolute Gasteiger partial charge is 0.497 e. The molecule has 0 aliphatic heterocycles. The lowest BCUT2D eigenvalue weighted by molar-refractivity contribution is 0.102. The van der Waals surface area contributed by atoms with E-state index < -0.39 is 0 Å². The first-order valence-electron chi connectivity index (χ1n) is 7.09. The van der Waals surface area contributed by atoms with Gasteiger partial charge in [0.25, 0.3) is 5.91 Å². The Bertz CT molecular complexity index is 862. The summed E-state index contributed by atoms with van der Waals surface area (Å²) in [5.74, 6) is 0.890. The first-order valence-corrected chi connectivity index (χ1v) is 7.09. The Hall–Kier alpha value is -3.08. The third kappa shape index (κ3) is 3.08. The van der Waals surface area contributed by atoms with Crippen molar-refractivity contribution in [1.29, 1.82) is 0 Å². The van der Waals surface area contributed by atoms with Gasteiger partial charge >= 0.3 is 0 Å². The van der Waals surface area contributed by atoms with Crippen LogP contribution in [0.4, 0.5) is 5.69 Å². The van der Waals surface area contributed by atoms with Gasteiger partial charge in [-0.1, -0.05) is 24.3 Å². The predicted molar refractivity (Wildman–Crippen MR) is 89.2 cm³/mol. The predicted octanol–water partition coefficient (Wildman–Crippen LogP) is 3.50. The Morgan fingerprint density at radius 3 is 2.52 bits per heavy atom. The van der Waals surface area contributed by atoms with Crippen LogP contribution in [0.1, 0.15) is 10.5 Å². The molecule has 3 aromatic rings. The summed E-state index contributed by atoms with van der Waals surface area (Å²) in [5, 5.41) is 4.77. The van der Waals surface area contributed by atoms with Crippen molar-refractivity contribution in [2.24, 2.45) is 0 Å². The second-order valence-corrected chi connectivity index (χ2v) is 4.94. The standard InChI is InChI=1S/C18H16N2O3/c1-22-14-7-8-15(17(10-14)23-2)20-18(21)16-9-12-5-3-4-6-13(12)11-19-16/h3-11H,1-2H3,(H,20,21). The highest BCUT2D eigenvalue weighted by Gasteiger charge is 2.12. The summed E-state index contributed by atoms with van der Waals surface area (Å²) in [6.07, 6.45) is 1.69. The number of hydrogen-bond acceptors (Lipinski definition) is 4. The number of carbonyl (C=O) groups excluding carboxylic acids is 1. The van der Waals surface area contributed by atoms with Crippen molar-refractivity contribution < 1.29 is 14.3 Å². The normalized spacial score (nSPS) is 10.3. The molecule has 0 spiro atoms. The summed E-state index contributed by atoms with van der Waals surface area (Å²) in [5.41, 5.74) is 0.912. The van der Waals surface area contributed by atoms with Crippen molar-refractivity contribution in [2.75, 3.05) is 19.5 Å². The second-order valence-electron chi connectivity index (χ2n) is 4.94. The van der Waals surface area contributed by atoms with Crippen LogP contribution in [-0.2, 0) is 0 Å². The lowest BCUT2D eigenvalue weighted by Gasteiger charge is -2.11. The highest BCUT2D eigenvalue weighted by atomic mass is 16.5. The Kier molecular flexibility index (Phi) is 4.10.